The molecule has 0 amide bonds. The van der Waals surface area contributed by atoms with Crippen LogP contribution in [0.1, 0.15) is 18.7 Å². The van der Waals surface area contributed by atoms with Crippen LogP contribution in [0.5, 0.6) is 0 Å². The molecule has 0 bridgehead atoms. The Kier molecular flexibility index (Phi) is 3.45. The fourth-order valence-electron chi connectivity index (χ4n) is 1.80. The minimum Gasteiger partial charge on any atom is -0.307 e. The van der Waals surface area contributed by atoms with E-state index in [4.69, 9.17) is 0 Å². The van der Waals surface area contributed by atoms with E-state index in [-0.39, 0.29) is 5.69 Å². The Bertz CT molecular complexity index is 654. The molecule has 104 valence electrons. The number of nitro benzene ring substituents is 1. The second kappa shape index (κ2) is 5.25. The average molecular weight is 339 g/mol. The lowest BCUT2D eigenvalue weighted by atomic mass is 10.3. The van der Waals surface area contributed by atoms with Gasteiger partial charge < -0.3 is 5.32 Å². The van der Waals surface area contributed by atoms with Crippen molar-refractivity contribution in [1.82, 2.24) is 25.5 Å². The van der Waals surface area contributed by atoms with Gasteiger partial charge in [-0.15, -0.1) is 5.10 Å². The third-order valence-corrected chi connectivity index (χ3v) is 3.70. The van der Waals surface area contributed by atoms with E-state index in [1.165, 1.54) is 29.7 Å². The molecule has 1 fully saturated rings. The lowest BCUT2D eigenvalue weighted by Crippen LogP contribution is -2.19. The molecule has 1 aliphatic carbocycles. The van der Waals surface area contributed by atoms with Crippen LogP contribution in [-0.4, -0.2) is 31.2 Å². The SMILES string of the molecule is O=[N+]([O-])c1ccc(Br)c(-n2nnnc2CNC2CC2)c1. The quantitative estimate of drug-likeness (QED) is 0.656. The van der Waals surface area contributed by atoms with Gasteiger partial charge in [0.25, 0.3) is 5.69 Å². The van der Waals surface area contributed by atoms with Crippen LogP contribution in [0.15, 0.2) is 22.7 Å². The van der Waals surface area contributed by atoms with Crippen LogP contribution in [0.2, 0.25) is 0 Å². The molecule has 1 saturated carbocycles. The predicted octanol–water partition coefficient (Wildman–Crippen LogP) is 1.58. The van der Waals surface area contributed by atoms with Gasteiger partial charge in [-0.1, -0.05) is 0 Å². The number of tetrazole rings is 1. The number of rotatable bonds is 5. The van der Waals surface area contributed by atoms with E-state index in [9.17, 15) is 10.1 Å². The summed E-state index contributed by atoms with van der Waals surface area (Å²) in [6.45, 7) is 0.535. The minimum absolute atomic E-state index is 0.000183. The summed E-state index contributed by atoms with van der Waals surface area (Å²) in [5.74, 6) is 0.623. The Balaban J connectivity index is 1.93. The first-order valence-corrected chi connectivity index (χ1v) is 6.89. The van der Waals surface area contributed by atoms with E-state index in [2.05, 4.69) is 36.8 Å². The van der Waals surface area contributed by atoms with Crippen LogP contribution in [0.25, 0.3) is 5.69 Å². The maximum atomic E-state index is 10.9. The summed E-state index contributed by atoms with van der Waals surface area (Å²) in [7, 11) is 0. The zero-order valence-corrected chi connectivity index (χ0v) is 11.9. The number of nitrogens with one attached hydrogen (secondary N) is 1. The van der Waals surface area contributed by atoms with Crippen molar-refractivity contribution in [2.24, 2.45) is 0 Å². The van der Waals surface area contributed by atoms with Gasteiger partial charge in [0.05, 0.1) is 17.2 Å². The molecule has 1 aliphatic rings. The molecule has 1 heterocycles. The molecule has 2 aromatic rings. The van der Waals surface area contributed by atoms with Gasteiger partial charge in [-0.25, -0.2) is 0 Å². The van der Waals surface area contributed by atoms with Crippen molar-refractivity contribution in [3.8, 4) is 5.69 Å². The summed E-state index contributed by atoms with van der Waals surface area (Å²) in [4.78, 5) is 10.4. The standard InChI is InChI=1S/C11H11BrN6O2/c12-9-4-3-8(18(19)20)5-10(9)17-11(14-15-16-17)6-13-7-1-2-7/h3-5,7,13H,1-2,6H2. The Hall–Kier alpha value is -1.87. The lowest BCUT2D eigenvalue weighted by Gasteiger charge is -2.07. The topological polar surface area (TPSA) is 98.8 Å². The van der Waals surface area contributed by atoms with Gasteiger partial charge in [0.1, 0.15) is 0 Å². The van der Waals surface area contributed by atoms with Gasteiger partial charge in [-0.3, -0.25) is 10.1 Å². The second-order valence-corrected chi connectivity index (χ2v) is 5.41. The van der Waals surface area contributed by atoms with Crippen molar-refractivity contribution in [3.05, 3.63) is 38.6 Å². The van der Waals surface area contributed by atoms with Gasteiger partial charge in [-0.05, 0) is 45.3 Å². The van der Waals surface area contributed by atoms with Gasteiger partial charge >= 0.3 is 0 Å². The van der Waals surface area contributed by atoms with Gasteiger partial charge in [0.15, 0.2) is 5.82 Å². The molecule has 0 radical (unpaired) electrons. The van der Waals surface area contributed by atoms with E-state index < -0.39 is 4.92 Å². The molecule has 9 heteroatoms. The van der Waals surface area contributed by atoms with E-state index in [1.807, 2.05) is 0 Å². The number of benzene rings is 1. The summed E-state index contributed by atoms with van der Waals surface area (Å²) < 4.78 is 2.20. The molecule has 0 saturated heterocycles. The Labute approximate surface area is 122 Å². The summed E-state index contributed by atoms with van der Waals surface area (Å²) >= 11 is 3.37. The third kappa shape index (κ3) is 2.68. The Morgan fingerprint density at radius 1 is 1.50 bits per heavy atom. The molecule has 0 unspecified atom stereocenters. The van der Waals surface area contributed by atoms with Crippen LogP contribution in [0, 0.1) is 10.1 Å². The maximum Gasteiger partial charge on any atom is 0.271 e. The van der Waals surface area contributed by atoms with Gasteiger partial charge in [-0.2, -0.15) is 4.68 Å². The van der Waals surface area contributed by atoms with Crippen molar-refractivity contribution in [2.45, 2.75) is 25.4 Å². The second-order valence-electron chi connectivity index (χ2n) is 4.55. The van der Waals surface area contributed by atoms with Crippen LogP contribution in [0.3, 0.4) is 0 Å². The maximum absolute atomic E-state index is 10.9. The molecule has 0 aliphatic heterocycles. The largest absolute Gasteiger partial charge is 0.307 e. The lowest BCUT2D eigenvalue weighted by molar-refractivity contribution is -0.384. The molecule has 0 spiro atoms. The van der Waals surface area contributed by atoms with Gasteiger partial charge in [0.2, 0.25) is 0 Å². The van der Waals surface area contributed by atoms with Crippen molar-refractivity contribution < 1.29 is 4.92 Å². The summed E-state index contributed by atoms with van der Waals surface area (Å²) in [5, 5.41) is 25.7. The van der Waals surface area contributed by atoms with Crippen molar-refractivity contribution >= 4 is 21.6 Å². The molecule has 20 heavy (non-hydrogen) atoms. The number of halogens is 1. The van der Waals surface area contributed by atoms with Crippen LogP contribution in [-0.2, 0) is 6.54 Å². The van der Waals surface area contributed by atoms with Crippen molar-refractivity contribution in [2.75, 3.05) is 0 Å². The first-order valence-electron chi connectivity index (χ1n) is 6.10. The van der Waals surface area contributed by atoms with Crippen molar-refractivity contribution in [3.63, 3.8) is 0 Å². The number of nitrogens with zero attached hydrogens (tertiary/aromatic N) is 5. The average Bonchev–Trinajstić information content (AvgIpc) is 3.14. The molecule has 1 aromatic carbocycles. The molecule has 1 aromatic heterocycles. The van der Waals surface area contributed by atoms with Gasteiger partial charge in [0, 0.05) is 22.6 Å². The van der Waals surface area contributed by atoms with Crippen LogP contribution >= 0.6 is 15.9 Å². The normalized spacial score (nSPS) is 14.4. The summed E-state index contributed by atoms with van der Waals surface area (Å²) in [5.41, 5.74) is 0.552. The van der Waals surface area contributed by atoms with Crippen LogP contribution < -0.4 is 5.32 Å². The molecule has 0 atom stereocenters. The number of hydrogen-bond acceptors (Lipinski definition) is 6. The molecule has 3 rings (SSSR count). The number of aromatic nitrogens is 4. The predicted molar refractivity (Wildman–Crippen MR) is 73.4 cm³/mol. The first kappa shape index (κ1) is 13.1. The fourth-order valence-corrected chi connectivity index (χ4v) is 2.22. The van der Waals surface area contributed by atoms with Crippen molar-refractivity contribution in [1.29, 1.82) is 0 Å². The third-order valence-electron chi connectivity index (χ3n) is 3.03. The smallest absolute Gasteiger partial charge is 0.271 e. The first-order chi connectivity index (χ1) is 9.65. The summed E-state index contributed by atoms with van der Waals surface area (Å²) in [6.07, 6.45) is 2.34. The Morgan fingerprint density at radius 2 is 2.30 bits per heavy atom. The highest BCUT2D eigenvalue weighted by Gasteiger charge is 2.22. The zero-order chi connectivity index (χ0) is 14.1. The number of hydrogen-bond donors (Lipinski definition) is 1. The monoisotopic (exact) mass is 338 g/mol. The highest BCUT2D eigenvalue weighted by atomic mass is 79.9. The van der Waals surface area contributed by atoms with E-state index in [0.29, 0.717) is 28.6 Å². The minimum atomic E-state index is -0.442. The van der Waals surface area contributed by atoms with E-state index in [0.717, 1.165) is 0 Å². The Morgan fingerprint density at radius 3 is 3.00 bits per heavy atom. The zero-order valence-electron chi connectivity index (χ0n) is 10.4. The van der Waals surface area contributed by atoms with E-state index in [1.54, 1.807) is 6.07 Å². The molecular weight excluding hydrogens is 328 g/mol. The summed E-state index contributed by atoms with van der Waals surface area (Å²) in [6, 6.07) is 5.03. The number of nitro groups is 1. The van der Waals surface area contributed by atoms with E-state index >= 15 is 0 Å². The molecule has 8 nitrogen and oxygen atoms in total. The fraction of sp³-hybridized carbons (Fsp3) is 0.364. The van der Waals surface area contributed by atoms with Crippen LogP contribution in [0.4, 0.5) is 5.69 Å². The number of non-ortho nitro benzene ring substituents is 1. The molecular formula is C11H11BrN6O2. The highest BCUT2D eigenvalue weighted by molar-refractivity contribution is 9.10. The highest BCUT2D eigenvalue weighted by Crippen LogP contribution is 2.26. The molecule has 1 N–H and O–H groups in total.